The molecule has 0 aliphatic carbocycles. The molecular weight excluding hydrogens is 500 g/mol. The highest BCUT2D eigenvalue weighted by molar-refractivity contribution is 7.13. The van der Waals surface area contributed by atoms with Crippen LogP contribution < -0.4 is 10.6 Å². The Morgan fingerprint density at radius 2 is 1.79 bits per heavy atom. The van der Waals surface area contributed by atoms with Crippen molar-refractivity contribution >= 4 is 29.1 Å². The SMILES string of the molecule is Cc1ncsc1-c1ccc(C(C)NC(=O)C2CC(O)CN2C(=O)C(NC(=O)CCC(C)C)C(C)(C)C)cc1. The average molecular weight is 543 g/mol. The summed E-state index contributed by atoms with van der Waals surface area (Å²) in [5.74, 6) is -0.465. The number of hydrogen-bond acceptors (Lipinski definition) is 6. The van der Waals surface area contributed by atoms with E-state index in [0.29, 0.717) is 12.3 Å². The monoisotopic (exact) mass is 542 g/mol. The maximum absolute atomic E-state index is 13.7. The van der Waals surface area contributed by atoms with Gasteiger partial charge in [0.25, 0.3) is 0 Å². The number of thiazole rings is 1. The summed E-state index contributed by atoms with van der Waals surface area (Å²) in [6.45, 7) is 13.7. The quantitative estimate of drug-likeness (QED) is 0.439. The van der Waals surface area contributed by atoms with E-state index in [9.17, 15) is 19.5 Å². The summed E-state index contributed by atoms with van der Waals surface area (Å²) in [6.07, 6.45) is 0.423. The fourth-order valence-corrected chi connectivity index (χ4v) is 5.48. The largest absolute Gasteiger partial charge is 0.391 e. The molecule has 2 heterocycles. The molecule has 8 nitrogen and oxygen atoms in total. The lowest BCUT2D eigenvalue weighted by atomic mass is 9.85. The Bertz CT molecular complexity index is 1120. The van der Waals surface area contributed by atoms with Crippen LogP contribution in [0.3, 0.4) is 0 Å². The number of aliphatic hydroxyl groups excluding tert-OH is 1. The van der Waals surface area contributed by atoms with Gasteiger partial charge >= 0.3 is 0 Å². The zero-order valence-corrected chi connectivity index (χ0v) is 24.4. The maximum atomic E-state index is 13.7. The Kier molecular flexibility index (Phi) is 9.70. The van der Waals surface area contributed by atoms with Crippen LogP contribution in [0.15, 0.2) is 29.8 Å². The third kappa shape index (κ3) is 7.41. The van der Waals surface area contributed by atoms with Crippen LogP contribution in [-0.2, 0) is 14.4 Å². The molecule has 3 amide bonds. The molecular formula is C29H42N4O4S. The molecule has 3 rings (SSSR count). The predicted octanol–water partition coefficient (Wildman–Crippen LogP) is 4.22. The highest BCUT2D eigenvalue weighted by Crippen LogP contribution is 2.29. The van der Waals surface area contributed by atoms with Gasteiger partial charge in [-0.25, -0.2) is 4.98 Å². The Labute approximate surface area is 230 Å². The number of carbonyl (C=O) groups excluding carboxylic acids is 3. The topological polar surface area (TPSA) is 112 Å². The first-order valence-electron chi connectivity index (χ1n) is 13.4. The van der Waals surface area contributed by atoms with E-state index in [1.54, 1.807) is 11.3 Å². The summed E-state index contributed by atoms with van der Waals surface area (Å²) in [7, 11) is 0. The fraction of sp³-hybridized carbons (Fsp3) is 0.586. The third-order valence-electron chi connectivity index (χ3n) is 7.01. The number of aliphatic hydroxyl groups is 1. The van der Waals surface area contributed by atoms with Gasteiger partial charge in [-0.2, -0.15) is 0 Å². The molecule has 9 heteroatoms. The van der Waals surface area contributed by atoms with Crippen LogP contribution in [0.4, 0.5) is 0 Å². The second-order valence-electron chi connectivity index (χ2n) is 11.8. The molecule has 0 bridgehead atoms. The van der Waals surface area contributed by atoms with E-state index in [2.05, 4.69) is 15.6 Å². The minimum absolute atomic E-state index is 0.0582. The smallest absolute Gasteiger partial charge is 0.246 e. The maximum Gasteiger partial charge on any atom is 0.246 e. The van der Waals surface area contributed by atoms with Crippen molar-refractivity contribution < 1.29 is 19.5 Å². The van der Waals surface area contributed by atoms with Gasteiger partial charge in [-0.15, -0.1) is 11.3 Å². The van der Waals surface area contributed by atoms with E-state index in [4.69, 9.17) is 0 Å². The second-order valence-corrected chi connectivity index (χ2v) is 12.7. The first-order valence-corrected chi connectivity index (χ1v) is 14.2. The molecule has 1 aromatic heterocycles. The number of aromatic nitrogens is 1. The van der Waals surface area contributed by atoms with Gasteiger partial charge in [0.1, 0.15) is 12.1 Å². The van der Waals surface area contributed by atoms with Crippen LogP contribution in [0, 0.1) is 18.3 Å². The van der Waals surface area contributed by atoms with Crippen molar-refractivity contribution in [3.05, 3.63) is 41.0 Å². The number of amides is 3. The summed E-state index contributed by atoms with van der Waals surface area (Å²) < 4.78 is 0. The molecule has 3 N–H and O–H groups in total. The molecule has 1 aromatic carbocycles. The van der Waals surface area contributed by atoms with Gasteiger partial charge in [-0.3, -0.25) is 14.4 Å². The minimum atomic E-state index is -0.809. The minimum Gasteiger partial charge on any atom is -0.391 e. The lowest BCUT2D eigenvalue weighted by Crippen LogP contribution is -2.57. The van der Waals surface area contributed by atoms with Crippen LogP contribution >= 0.6 is 11.3 Å². The van der Waals surface area contributed by atoms with Crippen molar-refractivity contribution in [3.8, 4) is 10.4 Å². The van der Waals surface area contributed by atoms with Crippen molar-refractivity contribution in [2.75, 3.05) is 6.54 Å². The van der Waals surface area contributed by atoms with E-state index in [-0.39, 0.29) is 36.7 Å². The van der Waals surface area contributed by atoms with Gasteiger partial charge < -0.3 is 20.6 Å². The first kappa shape index (κ1) is 29.8. The summed E-state index contributed by atoms with van der Waals surface area (Å²) in [4.78, 5) is 46.5. The van der Waals surface area contributed by atoms with Crippen LogP contribution in [-0.4, -0.2) is 57.4 Å². The van der Waals surface area contributed by atoms with E-state index >= 15 is 0 Å². The molecule has 4 unspecified atom stereocenters. The van der Waals surface area contributed by atoms with E-state index in [0.717, 1.165) is 28.1 Å². The van der Waals surface area contributed by atoms with Crippen LogP contribution in [0.2, 0.25) is 0 Å². The Balaban J connectivity index is 1.70. The number of rotatable bonds is 9. The van der Waals surface area contributed by atoms with Gasteiger partial charge in [0, 0.05) is 19.4 Å². The van der Waals surface area contributed by atoms with Crippen molar-refractivity contribution in [3.63, 3.8) is 0 Å². The zero-order chi connectivity index (χ0) is 28.2. The molecule has 4 atom stereocenters. The van der Waals surface area contributed by atoms with Crippen LogP contribution in [0.1, 0.15) is 78.1 Å². The summed E-state index contributed by atoms with van der Waals surface area (Å²) in [5.41, 5.74) is 4.26. The van der Waals surface area contributed by atoms with Gasteiger partial charge in [0.05, 0.1) is 28.2 Å². The number of benzene rings is 1. The zero-order valence-electron chi connectivity index (χ0n) is 23.6. The molecule has 0 saturated carbocycles. The number of nitrogens with one attached hydrogen (secondary N) is 2. The van der Waals surface area contributed by atoms with Gasteiger partial charge in [-0.1, -0.05) is 58.9 Å². The Hall–Kier alpha value is -2.78. The molecule has 1 aliphatic rings. The fourth-order valence-electron chi connectivity index (χ4n) is 4.67. The first-order chi connectivity index (χ1) is 17.8. The molecule has 2 aromatic rings. The molecule has 1 saturated heterocycles. The normalized spacial score (nSPS) is 19.3. The number of β-amino-alcohol motifs (C(OH)–C–C–N with tert-alkyl or cyclic N) is 1. The number of likely N-dealkylation sites (tertiary alicyclic amines) is 1. The van der Waals surface area contributed by atoms with Crippen molar-refractivity contribution in [1.29, 1.82) is 0 Å². The lowest BCUT2D eigenvalue weighted by molar-refractivity contribution is -0.144. The van der Waals surface area contributed by atoms with Crippen molar-refractivity contribution in [2.45, 2.75) is 92.0 Å². The van der Waals surface area contributed by atoms with Gasteiger partial charge in [0.15, 0.2) is 0 Å². The lowest BCUT2D eigenvalue weighted by Gasteiger charge is -2.35. The number of hydrogen-bond donors (Lipinski definition) is 3. The number of carbonyl (C=O) groups is 3. The van der Waals surface area contributed by atoms with Crippen molar-refractivity contribution in [1.82, 2.24) is 20.5 Å². The van der Waals surface area contributed by atoms with E-state index in [1.807, 2.05) is 78.2 Å². The molecule has 208 valence electrons. The van der Waals surface area contributed by atoms with Crippen LogP contribution in [0.25, 0.3) is 10.4 Å². The molecule has 1 fully saturated rings. The summed E-state index contributed by atoms with van der Waals surface area (Å²) >= 11 is 1.59. The molecule has 0 spiro atoms. The predicted molar refractivity (Wildman–Crippen MR) is 150 cm³/mol. The van der Waals surface area contributed by atoms with Gasteiger partial charge in [-0.05, 0) is 42.7 Å². The van der Waals surface area contributed by atoms with E-state index in [1.165, 1.54) is 4.90 Å². The second kappa shape index (κ2) is 12.4. The Morgan fingerprint density at radius 3 is 2.34 bits per heavy atom. The van der Waals surface area contributed by atoms with Crippen molar-refractivity contribution in [2.24, 2.45) is 11.3 Å². The summed E-state index contributed by atoms with van der Waals surface area (Å²) in [6, 6.07) is 6.09. The highest BCUT2D eigenvalue weighted by Gasteiger charge is 2.44. The van der Waals surface area contributed by atoms with Crippen LogP contribution in [0.5, 0.6) is 0 Å². The number of nitrogens with zero attached hydrogens (tertiary/aromatic N) is 2. The summed E-state index contributed by atoms with van der Waals surface area (Å²) in [5, 5.41) is 16.3. The molecule has 0 radical (unpaired) electrons. The average Bonchev–Trinajstić information content (AvgIpc) is 3.45. The highest BCUT2D eigenvalue weighted by atomic mass is 32.1. The Morgan fingerprint density at radius 1 is 1.13 bits per heavy atom. The number of aryl methyl sites for hydroxylation is 1. The van der Waals surface area contributed by atoms with Gasteiger partial charge in [0.2, 0.25) is 17.7 Å². The van der Waals surface area contributed by atoms with E-state index < -0.39 is 23.6 Å². The molecule has 1 aliphatic heterocycles. The standard InChI is InChI=1S/C29H42N4O4S/c1-17(2)8-13-24(35)32-26(29(5,6)7)28(37)33-15-22(34)14-23(33)27(36)31-18(3)20-9-11-21(12-10-20)25-19(4)30-16-38-25/h9-12,16-18,22-23,26,34H,8,13-15H2,1-7H3,(H,31,36)(H,32,35). The third-order valence-corrected chi connectivity index (χ3v) is 7.99. The molecule has 38 heavy (non-hydrogen) atoms.